The number of H-pyrrole nitrogens is 1. The van der Waals surface area contributed by atoms with Gasteiger partial charge in [-0.2, -0.15) is 5.10 Å². The van der Waals surface area contributed by atoms with E-state index in [4.69, 9.17) is 14.5 Å². The van der Waals surface area contributed by atoms with Gasteiger partial charge in [0.25, 0.3) is 0 Å². The monoisotopic (exact) mass is 633 g/mol. The van der Waals surface area contributed by atoms with Crippen molar-refractivity contribution in [3.63, 3.8) is 0 Å². The summed E-state index contributed by atoms with van der Waals surface area (Å²) in [6.45, 7) is 2.72. The molecule has 236 valence electrons. The van der Waals surface area contributed by atoms with Crippen LogP contribution in [-0.2, 0) is 29.4 Å². The second-order valence-electron chi connectivity index (χ2n) is 10.7. The van der Waals surface area contributed by atoms with E-state index in [9.17, 15) is 17.9 Å². The number of methoxy groups -OCH3 is 2. The van der Waals surface area contributed by atoms with Crippen LogP contribution in [0.4, 0.5) is 15.9 Å². The Hall–Kier alpha value is -4.84. The Morgan fingerprint density at radius 1 is 1.00 bits per heavy atom. The third-order valence-corrected chi connectivity index (χ3v) is 9.05. The summed E-state index contributed by atoms with van der Waals surface area (Å²) < 4.78 is 51.9. The number of aryl methyl sites for hydroxylation is 1. The lowest BCUT2D eigenvalue weighted by Gasteiger charge is -2.28. The summed E-state index contributed by atoms with van der Waals surface area (Å²) in [6.07, 6.45) is 4.00. The van der Waals surface area contributed by atoms with Crippen LogP contribution >= 0.6 is 0 Å². The molecule has 0 radical (unpaired) electrons. The van der Waals surface area contributed by atoms with Gasteiger partial charge >= 0.3 is 0 Å². The first kappa shape index (κ1) is 31.6. The van der Waals surface area contributed by atoms with Crippen molar-refractivity contribution in [2.75, 3.05) is 43.3 Å². The summed E-state index contributed by atoms with van der Waals surface area (Å²) in [6, 6.07) is 17.6. The van der Waals surface area contributed by atoms with Gasteiger partial charge in [-0.1, -0.05) is 31.2 Å². The lowest BCUT2D eigenvalue weighted by atomic mass is 10.0. The van der Waals surface area contributed by atoms with Gasteiger partial charge in [-0.15, -0.1) is 0 Å². The number of phenolic OH excluding ortho intramolecular Hbond substituents is 1. The van der Waals surface area contributed by atoms with Gasteiger partial charge in [-0.3, -0.25) is 9.40 Å². The highest BCUT2D eigenvalue weighted by Gasteiger charge is 2.22. The number of benzene rings is 3. The zero-order chi connectivity index (χ0) is 32.3. The number of hydrogen-bond acceptors (Lipinski definition) is 8. The van der Waals surface area contributed by atoms with Crippen LogP contribution in [0.25, 0.3) is 22.2 Å². The molecule has 0 aliphatic heterocycles. The van der Waals surface area contributed by atoms with Crippen molar-refractivity contribution < 1.29 is 27.4 Å². The molecule has 0 amide bonds. The van der Waals surface area contributed by atoms with Crippen molar-refractivity contribution in [2.24, 2.45) is 0 Å². The van der Waals surface area contributed by atoms with Crippen LogP contribution < -0.4 is 18.7 Å². The second kappa shape index (κ2) is 13.0. The van der Waals surface area contributed by atoms with E-state index in [1.54, 1.807) is 32.5 Å². The molecule has 10 nitrogen and oxygen atoms in total. The molecule has 0 bridgehead atoms. The lowest BCUT2D eigenvalue weighted by molar-refractivity contribution is 0.354. The smallest absolute Gasteiger partial charge is 0.232 e. The molecule has 0 unspecified atom stereocenters. The number of aromatic amines is 1. The molecule has 5 aromatic rings. The first-order valence-corrected chi connectivity index (χ1v) is 16.2. The molecule has 5 rings (SSSR count). The van der Waals surface area contributed by atoms with Crippen LogP contribution in [-0.4, -0.2) is 62.8 Å². The third-order valence-electron chi connectivity index (χ3n) is 7.85. The minimum atomic E-state index is -3.53. The predicted molar refractivity (Wildman–Crippen MR) is 174 cm³/mol. The molecule has 12 heteroatoms. The largest absolute Gasteiger partial charge is 0.505 e. The van der Waals surface area contributed by atoms with Crippen LogP contribution in [0.2, 0.25) is 0 Å². The fourth-order valence-corrected chi connectivity index (χ4v) is 5.87. The van der Waals surface area contributed by atoms with Gasteiger partial charge in [0.2, 0.25) is 10.0 Å². The average Bonchev–Trinajstić information content (AvgIpc) is 3.52. The molecule has 0 fully saturated rings. The molecule has 0 aliphatic carbocycles. The van der Waals surface area contributed by atoms with Gasteiger partial charge in [0.1, 0.15) is 5.82 Å². The highest BCUT2D eigenvalue weighted by molar-refractivity contribution is 7.92. The van der Waals surface area contributed by atoms with Crippen LogP contribution in [0, 0.1) is 5.82 Å². The Kier molecular flexibility index (Phi) is 9.14. The van der Waals surface area contributed by atoms with Gasteiger partial charge in [0, 0.05) is 25.7 Å². The Balaban J connectivity index is 1.64. The molecular formula is C33H36FN5O5S. The number of para-hydroxylation sites is 1. The zero-order valence-electron chi connectivity index (χ0n) is 25.8. The van der Waals surface area contributed by atoms with Crippen molar-refractivity contribution in [1.82, 2.24) is 15.2 Å². The summed E-state index contributed by atoms with van der Waals surface area (Å²) in [7, 11) is 1.17. The number of anilines is 2. The minimum Gasteiger partial charge on any atom is -0.505 e. The molecule has 2 heterocycles. The van der Waals surface area contributed by atoms with Crippen molar-refractivity contribution in [3.05, 3.63) is 89.4 Å². The molecule has 0 saturated heterocycles. The maximum absolute atomic E-state index is 14.6. The van der Waals surface area contributed by atoms with Crippen molar-refractivity contribution in [2.45, 2.75) is 26.3 Å². The molecule has 0 aliphatic rings. The van der Waals surface area contributed by atoms with Crippen molar-refractivity contribution in [1.29, 1.82) is 0 Å². The standard InChI is InChI=1S/C33H36FN5O5S/c1-6-22-16-30(40)26(34)17-24(22)27-18-28-25(19-35-37-28)33(36-27)39(14-13-21-11-12-31(43-3)32(15-21)44-4)20-23-9-7-8-10-29(23)38(2)45(5,41)42/h7-12,15-19,40H,6,13-14,20H2,1-5H3,(H,35,37). The van der Waals surface area contributed by atoms with Crippen molar-refractivity contribution >= 4 is 32.4 Å². The molecule has 2 N–H and O–H groups in total. The van der Waals surface area contributed by atoms with E-state index in [1.165, 1.54) is 29.7 Å². The normalized spacial score (nSPS) is 11.5. The maximum atomic E-state index is 14.6. The summed E-state index contributed by atoms with van der Waals surface area (Å²) in [5.74, 6) is 0.669. The van der Waals surface area contributed by atoms with Crippen LogP contribution in [0.15, 0.2) is 66.9 Å². The van der Waals surface area contributed by atoms with Gasteiger partial charge in [-0.25, -0.2) is 17.8 Å². The van der Waals surface area contributed by atoms with E-state index in [1.807, 2.05) is 43.3 Å². The first-order valence-electron chi connectivity index (χ1n) is 14.4. The molecule has 3 aromatic carbocycles. The fraction of sp³-hybridized carbons (Fsp3) is 0.273. The number of hydrogen-bond donors (Lipinski definition) is 2. The highest BCUT2D eigenvalue weighted by atomic mass is 32.2. The third kappa shape index (κ3) is 6.65. The number of halogens is 1. The van der Waals surface area contributed by atoms with Crippen molar-refractivity contribution in [3.8, 4) is 28.5 Å². The number of nitrogens with one attached hydrogen (secondary N) is 1. The van der Waals surface area contributed by atoms with E-state index < -0.39 is 21.6 Å². The van der Waals surface area contributed by atoms with Gasteiger partial charge in [0.15, 0.2) is 23.1 Å². The molecule has 0 saturated carbocycles. The number of phenols is 1. The van der Waals surface area contributed by atoms with Gasteiger partial charge in [-0.05, 0) is 65.9 Å². The summed E-state index contributed by atoms with van der Waals surface area (Å²) in [5, 5.41) is 18.1. The molecule has 0 atom stereocenters. The number of rotatable bonds is 12. The topological polar surface area (TPSA) is 121 Å². The van der Waals surface area contributed by atoms with Crippen LogP contribution in [0.1, 0.15) is 23.6 Å². The second-order valence-corrected chi connectivity index (χ2v) is 12.7. The number of sulfonamides is 1. The van der Waals surface area contributed by atoms with E-state index in [0.29, 0.717) is 65.7 Å². The fourth-order valence-electron chi connectivity index (χ4n) is 5.34. The Morgan fingerprint density at radius 2 is 1.76 bits per heavy atom. The van der Waals surface area contributed by atoms with E-state index in [0.717, 1.165) is 22.1 Å². The van der Waals surface area contributed by atoms with Gasteiger partial charge in [0.05, 0.1) is 49.0 Å². The number of ether oxygens (including phenoxy) is 2. The molecular weight excluding hydrogens is 597 g/mol. The number of nitrogens with zero attached hydrogens (tertiary/aromatic N) is 4. The van der Waals surface area contributed by atoms with E-state index in [-0.39, 0.29) is 0 Å². The Bertz CT molecular complexity index is 1950. The van der Waals surface area contributed by atoms with Crippen LogP contribution in [0.3, 0.4) is 0 Å². The van der Waals surface area contributed by atoms with E-state index >= 15 is 0 Å². The molecule has 2 aromatic heterocycles. The van der Waals surface area contributed by atoms with Crippen LogP contribution in [0.5, 0.6) is 17.2 Å². The lowest BCUT2D eigenvalue weighted by Crippen LogP contribution is -2.30. The maximum Gasteiger partial charge on any atom is 0.232 e. The SMILES string of the molecule is CCc1cc(O)c(F)cc1-c1cc2[nH]ncc2c(N(CCc2ccc(OC)c(OC)c2)Cc2ccccc2N(C)S(C)(=O)=O)n1. The Labute approximate surface area is 262 Å². The summed E-state index contributed by atoms with van der Waals surface area (Å²) in [5.41, 5.74) is 4.81. The number of pyridine rings is 1. The zero-order valence-corrected chi connectivity index (χ0v) is 26.7. The number of aromatic nitrogens is 3. The summed E-state index contributed by atoms with van der Waals surface area (Å²) in [4.78, 5) is 7.12. The molecule has 45 heavy (non-hydrogen) atoms. The predicted octanol–water partition coefficient (Wildman–Crippen LogP) is 5.69. The Morgan fingerprint density at radius 3 is 2.47 bits per heavy atom. The van der Waals surface area contributed by atoms with E-state index in [2.05, 4.69) is 15.1 Å². The summed E-state index contributed by atoms with van der Waals surface area (Å²) >= 11 is 0. The average molecular weight is 634 g/mol. The van der Waals surface area contributed by atoms with Gasteiger partial charge < -0.3 is 19.5 Å². The molecule has 0 spiro atoms. The number of aromatic hydroxyl groups is 1. The highest BCUT2D eigenvalue weighted by Crippen LogP contribution is 2.35. The quantitative estimate of drug-likeness (QED) is 0.180. The minimum absolute atomic E-state index is 0.310. The first-order chi connectivity index (χ1) is 21.5. The number of fused-ring (bicyclic) bond motifs is 1.